The van der Waals surface area contributed by atoms with Crippen molar-refractivity contribution in [3.8, 4) is 0 Å². The lowest BCUT2D eigenvalue weighted by Gasteiger charge is -2.30. The number of hydrogen-bond acceptors (Lipinski definition) is 3. The van der Waals surface area contributed by atoms with Crippen molar-refractivity contribution in [1.29, 1.82) is 0 Å². The largest absolute Gasteiger partial charge is 0.395 e. The molecule has 0 heterocycles. The van der Waals surface area contributed by atoms with Gasteiger partial charge in [0, 0.05) is 26.3 Å². The number of benzene rings is 1. The quantitative estimate of drug-likeness (QED) is 0.811. The number of nitrogens with zero attached hydrogens (tertiary/aromatic N) is 1. The fourth-order valence-corrected chi connectivity index (χ4v) is 3.03. The highest BCUT2D eigenvalue weighted by Crippen LogP contribution is 2.35. The summed E-state index contributed by atoms with van der Waals surface area (Å²) in [5, 5.41) is 12.3. The predicted octanol–water partition coefficient (Wildman–Crippen LogP) is 2.10. The molecule has 0 aromatic heterocycles. The Morgan fingerprint density at radius 3 is 3.00 bits per heavy atom. The number of carbonyl (C=O) groups excluding carboxylic acids is 1. The number of fused-ring (bicyclic) bond motifs is 1. The summed E-state index contributed by atoms with van der Waals surface area (Å²) < 4.78 is 5.04. The number of aliphatic hydroxyl groups excluding tert-OH is 1. The molecule has 122 valence electrons. The predicted molar refractivity (Wildman–Crippen MR) is 85.8 cm³/mol. The van der Waals surface area contributed by atoms with Crippen LogP contribution in [0.2, 0.25) is 0 Å². The molecule has 5 nitrogen and oxygen atoms in total. The van der Waals surface area contributed by atoms with Crippen molar-refractivity contribution in [2.24, 2.45) is 0 Å². The molecule has 5 heteroatoms. The van der Waals surface area contributed by atoms with Gasteiger partial charge in [-0.05, 0) is 37.3 Å². The number of aryl methyl sites for hydroxylation is 1. The Morgan fingerprint density at radius 1 is 1.50 bits per heavy atom. The summed E-state index contributed by atoms with van der Waals surface area (Å²) in [6.45, 7) is 2.91. The van der Waals surface area contributed by atoms with E-state index in [1.807, 2.05) is 19.1 Å². The van der Waals surface area contributed by atoms with Crippen LogP contribution in [-0.2, 0) is 11.2 Å². The van der Waals surface area contributed by atoms with Crippen molar-refractivity contribution in [1.82, 2.24) is 10.2 Å². The molecule has 2 rings (SSSR count). The summed E-state index contributed by atoms with van der Waals surface area (Å²) in [7, 11) is 1.65. The topological polar surface area (TPSA) is 61.8 Å². The minimum Gasteiger partial charge on any atom is -0.395 e. The van der Waals surface area contributed by atoms with Crippen LogP contribution in [0.5, 0.6) is 0 Å². The molecule has 0 fully saturated rings. The van der Waals surface area contributed by atoms with Crippen molar-refractivity contribution in [3.05, 3.63) is 35.4 Å². The number of ether oxygens (including phenoxy) is 1. The van der Waals surface area contributed by atoms with Gasteiger partial charge < -0.3 is 20.1 Å². The Bertz CT molecular complexity index is 493. The lowest BCUT2D eigenvalue weighted by Crippen LogP contribution is -2.46. The van der Waals surface area contributed by atoms with Crippen molar-refractivity contribution in [2.45, 2.75) is 38.3 Å². The van der Waals surface area contributed by atoms with Crippen molar-refractivity contribution >= 4 is 6.03 Å². The molecule has 1 aliphatic rings. The monoisotopic (exact) mass is 306 g/mol. The lowest BCUT2D eigenvalue weighted by atomic mass is 10.1. The van der Waals surface area contributed by atoms with Gasteiger partial charge in [-0.2, -0.15) is 0 Å². The fourth-order valence-electron chi connectivity index (χ4n) is 3.03. The zero-order valence-corrected chi connectivity index (χ0v) is 13.4. The molecule has 2 amide bonds. The normalized spacial score (nSPS) is 17.9. The number of methoxy groups -OCH3 is 1. The van der Waals surface area contributed by atoms with Gasteiger partial charge in [0.1, 0.15) is 0 Å². The van der Waals surface area contributed by atoms with Gasteiger partial charge in [-0.15, -0.1) is 0 Å². The zero-order chi connectivity index (χ0) is 15.9. The molecule has 0 saturated heterocycles. The summed E-state index contributed by atoms with van der Waals surface area (Å²) in [6, 6.07) is 8.23. The average Bonchev–Trinajstić information content (AvgIpc) is 2.94. The van der Waals surface area contributed by atoms with E-state index in [1.54, 1.807) is 12.0 Å². The van der Waals surface area contributed by atoms with E-state index in [4.69, 9.17) is 4.74 Å². The van der Waals surface area contributed by atoms with Gasteiger partial charge in [-0.3, -0.25) is 0 Å². The Labute approximate surface area is 132 Å². The van der Waals surface area contributed by atoms with E-state index in [2.05, 4.69) is 17.4 Å². The summed E-state index contributed by atoms with van der Waals surface area (Å²) in [6.07, 6.45) is 2.67. The number of urea groups is 1. The van der Waals surface area contributed by atoms with E-state index in [0.29, 0.717) is 13.2 Å². The zero-order valence-electron chi connectivity index (χ0n) is 13.4. The van der Waals surface area contributed by atoms with Crippen LogP contribution in [0.3, 0.4) is 0 Å². The number of aliphatic hydroxyl groups is 1. The molecule has 1 aromatic carbocycles. The van der Waals surface area contributed by atoms with Gasteiger partial charge >= 0.3 is 6.03 Å². The number of nitrogens with one attached hydrogen (secondary N) is 1. The van der Waals surface area contributed by atoms with E-state index in [9.17, 15) is 9.90 Å². The van der Waals surface area contributed by atoms with Crippen LogP contribution in [0.25, 0.3) is 0 Å². The number of rotatable bonds is 7. The SMILES string of the molecule is COCCC(C)NC(=O)N(CCO)C1CCc2ccccc21. The first-order chi connectivity index (χ1) is 10.7. The molecule has 0 spiro atoms. The second kappa shape index (κ2) is 8.15. The second-order valence-corrected chi connectivity index (χ2v) is 5.80. The number of hydrogen-bond donors (Lipinski definition) is 2. The first-order valence-electron chi connectivity index (χ1n) is 7.92. The number of amides is 2. The van der Waals surface area contributed by atoms with Gasteiger partial charge in [-0.1, -0.05) is 24.3 Å². The van der Waals surface area contributed by atoms with Crippen LogP contribution < -0.4 is 5.32 Å². The van der Waals surface area contributed by atoms with Crippen LogP contribution in [0.15, 0.2) is 24.3 Å². The van der Waals surface area contributed by atoms with Crippen LogP contribution in [-0.4, -0.2) is 48.9 Å². The first kappa shape index (κ1) is 16.8. The molecule has 0 saturated carbocycles. The average molecular weight is 306 g/mol. The van der Waals surface area contributed by atoms with E-state index >= 15 is 0 Å². The van der Waals surface area contributed by atoms with E-state index < -0.39 is 0 Å². The van der Waals surface area contributed by atoms with Gasteiger partial charge in [-0.25, -0.2) is 4.79 Å². The molecule has 2 N–H and O–H groups in total. The van der Waals surface area contributed by atoms with Gasteiger partial charge in [0.25, 0.3) is 0 Å². The van der Waals surface area contributed by atoms with Gasteiger partial charge in [0.15, 0.2) is 0 Å². The maximum Gasteiger partial charge on any atom is 0.318 e. The van der Waals surface area contributed by atoms with Crippen molar-refractivity contribution < 1.29 is 14.6 Å². The highest BCUT2D eigenvalue weighted by Gasteiger charge is 2.30. The molecule has 0 radical (unpaired) electrons. The highest BCUT2D eigenvalue weighted by atomic mass is 16.5. The third kappa shape index (κ3) is 3.99. The smallest absolute Gasteiger partial charge is 0.318 e. The maximum atomic E-state index is 12.6. The second-order valence-electron chi connectivity index (χ2n) is 5.80. The van der Waals surface area contributed by atoms with E-state index in [-0.39, 0.29) is 24.7 Å². The minimum atomic E-state index is -0.112. The fraction of sp³-hybridized carbons (Fsp3) is 0.588. The lowest BCUT2D eigenvalue weighted by molar-refractivity contribution is 0.144. The summed E-state index contributed by atoms with van der Waals surface area (Å²) in [5.41, 5.74) is 2.51. The number of carbonyl (C=O) groups is 1. The molecule has 1 aliphatic carbocycles. The summed E-state index contributed by atoms with van der Waals surface area (Å²) in [4.78, 5) is 14.3. The van der Waals surface area contributed by atoms with Gasteiger partial charge in [0.2, 0.25) is 0 Å². The third-order valence-electron chi connectivity index (χ3n) is 4.20. The Balaban J connectivity index is 2.05. The summed E-state index contributed by atoms with van der Waals surface area (Å²) in [5.74, 6) is 0. The van der Waals surface area contributed by atoms with Crippen LogP contribution in [0.1, 0.15) is 36.9 Å². The van der Waals surface area contributed by atoms with Crippen molar-refractivity contribution in [3.63, 3.8) is 0 Å². The molecule has 22 heavy (non-hydrogen) atoms. The molecule has 2 unspecified atom stereocenters. The van der Waals surface area contributed by atoms with E-state index in [0.717, 1.165) is 19.3 Å². The Kier molecular flexibility index (Phi) is 6.21. The Hall–Kier alpha value is -1.59. The molecular formula is C17H26N2O3. The minimum absolute atomic E-state index is 0.0292. The first-order valence-corrected chi connectivity index (χ1v) is 7.92. The highest BCUT2D eigenvalue weighted by molar-refractivity contribution is 5.75. The standard InChI is InChI=1S/C17H26N2O3/c1-13(9-12-22-2)18-17(21)19(10-11-20)16-8-7-14-5-3-4-6-15(14)16/h3-6,13,16,20H,7-12H2,1-2H3,(H,18,21). The van der Waals surface area contributed by atoms with Crippen LogP contribution in [0, 0.1) is 0 Å². The summed E-state index contributed by atoms with van der Waals surface area (Å²) >= 11 is 0. The van der Waals surface area contributed by atoms with Crippen LogP contribution >= 0.6 is 0 Å². The molecule has 2 atom stereocenters. The molecule has 1 aromatic rings. The molecule has 0 bridgehead atoms. The Morgan fingerprint density at radius 2 is 2.27 bits per heavy atom. The third-order valence-corrected chi connectivity index (χ3v) is 4.20. The maximum absolute atomic E-state index is 12.6. The van der Waals surface area contributed by atoms with Crippen molar-refractivity contribution in [2.75, 3.05) is 26.9 Å². The van der Waals surface area contributed by atoms with E-state index in [1.165, 1.54) is 11.1 Å². The molecule has 0 aliphatic heterocycles. The van der Waals surface area contributed by atoms with Crippen LogP contribution in [0.4, 0.5) is 4.79 Å². The van der Waals surface area contributed by atoms with Gasteiger partial charge in [0.05, 0.1) is 12.6 Å². The molecular weight excluding hydrogens is 280 g/mol.